The molecular weight excluding hydrogens is 232 g/mol. The third kappa shape index (κ3) is 2.33. The van der Waals surface area contributed by atoms with Crippen molar-refractivity contribution in [3.05, 3.63) is 38.7 Å². The number of H-pyrrole nitrogens is 1. The monoisotopic (exact) mass is 248 g/mol. The second kappa shape index (κ2) is 4.73. The lowest BCUT2D eigenvalue weighted by Gasteiger charge is -2.09. The van der Waals surface area contributed by atoms with Crippen molar-refractivity contribution in [1.29, 1.82) is 0 Å². The number of aryl methyl sites for hydroxylation is 1. The van der Waals surface area contributed by atoms with Crippen LogP contribution in [0.2, 0.25) is 0 Å². The molecule has 2 heterocycles. The van der Waals surface area contributed by atoms with Gasteiger partial charge in [0.1, 0.15) is 5.65 Å². The van der Waals surface area contributed by atoms with Crippen LogP contribution in [-0.2, 0) is 13.6 Å². The summed E-state index contributed by atoms with van der Waals surface area (Å²) in [6, 6.07) is 2.12. The van der Waals surface area contributed by atoms with Gasteiger partial charge >= 0.3 is 5.69 Å². The van der Waals surface area contributed by atoms with Crippen molar-refractivity contribution in [2.75, 3.05) is 0 Å². The third-order valence-electron chi connectivity index (χ3n) is 2.73. The van der Waals surface area contributed by atoms with E-state index in [1.165, 1.54) is 4.57 Å². The zero-order valence-corrected chi connectivity index (χ0v) is 10.7. The number of hydrogen-bond donors (Lipinski definition) is 2. The minimum atomic E-state index is -0.451. The average Bonchev–Trinajstić information content (AvgIpc) is 2.33. The predicted octanol–water partition coefficient (Wildman–Crippen LogP) is 0.120. The summed E-state index contributed by atoms with van der Waals surface area (Å²) < 4.78 is 1.33. The van der Waals surface area contributed by atoms with E-state index in [0.717, 1.165) is 5.56 Å². The fourth-order valence-electron chi connectivity index (χ4n) is 1.70. The molecule has 2 aromatic rings. The van der Waals surface area contributed by atoms with Crippen LogP contribution >= 0.6 is 0 Å². The summed E-state index contributed by atoms with van der Waals surface area (Å²) in [6.07, 6.45) is 1.68. The highest BCUT2D eigenvalue weighted by atomic mass is 16.2. The Morgan fingerprint density at radius 3 is 2.83 bits per heavy atom. The van der Waals surface area contributed by atoms with Gasteiger partial charge in [-0.1, -0.05) is 13.8 Å². The van der Waals surface area contributed by atoms with Crippen molar-refractivity contribution >= 4 is 11.0 Å². The molecule has 0 amide bonds. The average molecular weight is 248 g/mol. The Morgan fingerprint density at radius 2 is 2.17 bits per heavy atom. The fourth-order valence-corrected chi connectivity index (χ4v) is 1.70. The summed E-state index contributed by atoms with van der Waals surface area (Å²) in [5, 5.41) is 3.68. The molecule has 6 heteroatoms. The van der Waals surface area contributed by atoms with Gasteiger partial charge in [0, 0.05) is 25.8 Å². The van der Waals surface area contributed by atoms with Crippen molar-refractivity contribution in [3.8, 4) is 0 Å². The molecule has 0 saturated carbocycles. The Labute approximate surface area is 104 Å². The van der Waals surface area contributed by atoms with Crippen molar-refractivity contribution in [2.24, 2.45) is 7.05 Å². The van der Waals surface area contributed by atoms with Crippen LogP contribution in [0.5, 0.6) is 0 Å². The summed E-state index contributed by atoms with van der Waals surface area (Å²) >= 11 is 0. The Balaban J connectivity index is 2.52. The molecule has 2 N–H and O–H groups in total. The van der Waals surface area contributed by atoms with Crippen LogP contribution in [0.4, 0.5) is 0 Å². The summed E-state index contributed by atoms with van der Waals surface area (Å²) in [5.74, 6) is 0. The molecule has 0 spiro atoms. The Morgan fingerprint density at radius 1 is 1.44 bits per heavy atom. The van der Waals surface area contributed by atoms with E-state index in [1.54, 1.807) is 19.3 Å². The summed E-state index contributed by atoms with van der Waals surface area (Å²) in [5.41, 5.74) is 0.470. The molecule has 0 atom stereocenters. The lowest BCUT2D eigenvalue weighted by Crippen LogP contribution is -2.29. The Kier molecular flexibility index (Phi) is 3.29. The normalized spacial score (nSPS) is 11.3. The van der Waals surface area contributed by atoms with Gasteiger partial charge in [0.25, 0.3) is 5.56 Å². The molecule has 6 nitrogen and oxygen atoms in total. The molecule has 0 fully saturated rings. The van der Waals surface area contributed by atoms with E-state index in [2.05, 4.69) is 15.3 Å². The van der Waals surface area contributed by atoms with Crippen LogP contribution < -0.4 is 16.6 Å². The van der Waals surface area contributed by atoms with Gasteiger partial charge < -0.3 is 5.32 Å². The number of pyridine rings is 1. The van der Waals surface area contributed by atoms with E-state index in [0.29, 0.717) is 23.6 Å². The fraction of sp³-hybridized carbons (Fsp3) is 0.417. The first-order valence-corrected chi connectivity index (χ1v) is 5.80. The number of fused-ring (bicyclic) bond motifs is 1. The third-order valence-corrected chi connectivity index (χ3v) is 2.73. The van der Waals surface area contributed by atoms with Crippen LogP contribution in [0, 0.1) is 0 Å². The predicted molar refractivity (Wildman–Crippen MR) is 69.6 cm³/mol. The number of nitrogens with zero attached hydrogens (tertiary/aromatic N) is 2. The number of aromatic amines is 1. The molecule has 0 aliphatic carbocycles. The first-order valence-electron chi connectivity index (χ1n) is 5.80. The smallest absolute Gasteiger partial charge is 0.310 e. The van der Waals surface area contributed by atoms with Crippen LogP contribution in [-0.4, -0.2) is 20.6 Å². The molecule has 0 aliphatic rings. The van der Waals surface area contributed by atoms with E-state index >= 15 is 0 Å². The van der Waals surface area contributed by atoms with E-state index in [1.807, 2.05) is 13.8 Å². The minimum Gasteiger partial charge on any atom is -0.310 e. The highest BCUT2D eigenvalue weighted by molar-refractivity contribution is 5.74. The molecule has 0 aromatic carbocycles. The maximum atomic E-state index is 11.7. The first-order chi connectivity index (χ1) is 8.49. The molecule has 2 aromatic heterocycles. The lowest BCUT2D eigenvalue weighted by atomic mass is 10.2. The van der Waals surface area contributed by atoms with Gasteiger partial charge in [0.15, 0.2) is 0 Å². The summed E-state index contributed by atoms with van der Waals surface area (Å²) in [6.45, 7) is 4.73. The van der Waals surface area contributed by atoms with Crippen LogP contribution in [0.3, 0.4) is 0 Å². The second-order valence-corrected chi connectivity index (χ2v) is 4.57. The van der Waals surface area contributed by atoms with Gasteiger partial charge in [0.05, 0.1) is 5.39 Å². The molecule has 0 unspecified atom stereocenters. The Hall–Kier alpha value is -1.95. The first kappa shape index (κ1) is 12.5. The summed E-state index contributed by atoms with van der Waals surface area (Å²) in [7, 11) is 1.58. The van der Waals surface area contributed by atoms with E-state index < -0.39 is 11.2 Å². The quantitative estimate of drug-likeness (QED) is 0.808. The van der Waals surface area contributed by atoms with Gasteiger partial charge in [0.2, 0.25) is 0 Å². The van der Waals surface area contributed by atoms with Crippen molar-refractivity contribution in [1.82, 2.24) is 19.9 Å². The van der Waals surface area contributed by atoms with E-state index in [4.69, 9.17) is 0 Å². The van der Waals surface area contributed by atoms with Crippen LogP contribution in [0.1, 0.15) is 19.4 Å². The molecule has 0 radical (unpaired) electrons. The standard InChI is InChI=1S/C12H16N4O2/c1-7(2)13-5-8-4-9-10(14-6-8)16(3)12(18)15-11(9)17/h4,6-7,13H,5H2,1-3H3,(H,15,17,18). The van der Waals surface area contributed by atoms with Crippen LogP contribution in [0.15, 0.2) is 21.9 Å². The van der Waals surface area contributed by atoms with Crippen molar-refractivity contribution in [3.63, 3.8) is 0 Å². The molecule has 18 heavy (non-hydrogen) atoms. The van der Waals surface area contributed by atoms with Gasteiger partial charge in [-0.2, -0.15) is 0 Å². The lowest BCUT2D eigenvalue weighted by molar-refractivity contribution is 0.588. The van der Waals surface area contributed by atoms with E-state index in [9.17, 15) is 9.59 Å². The molecular formula is C12H16N4O2. The van der Waals surface area contributed by atoms with Gasteiger partial charge in [-0.05, 0) is 11.6 Å². The number of nitrogens with one attached hydrogen (secondary N) is 2. The maximum absolute atomic E-state index is 11.7. The molecule has 0 aliphatic heterocycles. The highest BCUT2D eigenvalue weighted by Crippen LogP contribution is 2.06. The number of rotatable bonds is 3. The van der Waals surface area contributed by atoms with E-state index in [-0.39, 0.29) is 0 Å². The SMILES string of the molecule is CC(C)NCc1cnc2c(c1)c(=O)[nH]c(=O)n2C. The number of aromatic nitrogens is 3. The highest BCUT2D eigenvalue weighted by Gasteiger charge is 2.07. The Bertz CT molecular complexity index is 685. The second-order valence-electron chi connectivity index (χ2n) is 4.57. The van der Waals surface area contributed by atoms with Crippen LogP contribution in [0.25, 0.3) is 11.0 Å². The maximum Gasteiger partial charge on any atom is 0.329 e. The largest absolute Gasteiger partial charge is 0.329 e. The molecule has 96 valence electrons. The van der Waals surface area contributed by atoms with Crippen molar-refractivity contribution in [2.45, 2.75) is 26.4 Å². The molecule has 0 bridgehead atoms. The van der Waals surface area contributed by atoms with Crippen molar-refractivity contribution < 1.29 is 0 Å². The van der Waals surface area contributed by atoms with Gasteiger partial charge in [-0.15, -0.1) is 0 Å². The zero-order valence-electron chi connectivity index (χ0n) is 10.7. The molecule has 2 rings (SSSR count). The van der Waals surface area contributed by atoms with Gasteiger partial charge in [-0.3, -0.25) is 14.3 Å². The molecule has 0 saturated heterocycles. The summed E-state index contributed by atoms with van der Waals surface area (Å²) in [4.78, 5) is 29.6. The minimum absolute atomic E-state index is 0.360. The topological polar surface area (TPSA) is 79.8 Å². The van der Waals surface area contributed by atoms with Gasteiger partial charge in [-0.25, -0.2) is 9.78 Å². The number of hydrogen-bond acceptors (Lipinski definition) is 4. The zero-order chi connectivity index (χ0) is 13.3.